The standard InChI is InChI=1S/C21H19NO4S/c1-25-17-11-7-15(8-12-17)21(16-9-13-18(26-2)14-10-16)19-5-3-4-6-20(19)27(23,24)22-21/h3-14,22H,1-2H3. The molecule has 138 valence electrons. The average Bonchev–Trinajstić information content (AvgIpc) is 2.97. The molecule has 5 nitrogen and oxygen atoms in total. The maximum atomic E-state index is 12.9. The summed E-state index contributed by atoms with van der Waals surface area (Å²) in [6, 6.07) is 21.9. The predicted octanol–water partition coefficient (Wildman–Crippen LogP) is 3.29. The van der Waals surface area contributed by atoms with Crippen molar-refractivity contribution in [2.75, 3.05) is 14.2 Å². The van der Waals surface area contributed by atoms with Gasteiger partial charge in [-0.25, -0.2) is 8.42 Å². The Bertz CT molecular complexity index is 1030. The molecule has 0 bridgehead atoms. The summed E-state index contributed by atoms with van der Waals surface area (Å²) in [5, 5.41) is 0. The van der Waals surface area contributed by atoms with Gasteiger partial charge in [0.25, 0.3) is 0 Å². The molecule has 1 aliphatic rings. The largest absolute Gasteiger partial charge is 0.497 e. The summed E-state index contributed by atoms with van der Waals surface area (Å²) in [6.07, 6.45) is 0. The number of methoxy groups -OCH3 is 2. The number of ether oxygens (including phenoxy) is 2. The second-order valence-electron chi connectivity index (χ2n) is 6.31. The molecule has 0 saturated heterocycles. The molecule has 1 heterocycles. The maximum Gasteiger partial charge on any atom is 0.242 e. The molecular weight excluding hydrogens is 362 g/mol. The highest BCUT2D eigenvalue weighted by atomic mass is 32.2. The first-order valence-electron chi connectivity index (χ1n) is 8.44. The van der Waals surface area contributed by atoms with Gasteiger partial charge in [-0.1, -0.05) is 42.5 Å². The summed E-state index contributed by atoms with van der Waals surface area (Å²) in [5.41, 5.74) is 1.29. The molecule has 4 rings (SSSR count). The summed E-state index contributed by atoms with van der Waals surface area (Å²) >= 11 is 0. The first kappa shape index (κ1) is 17.6. The van der Waals surface area contributed by atoms with Crippen molar-refractivity contribution in [3.8, 4) is 11.5 Å². The summed E-state index contributed by atoms with van der Waals surface area (Å²) in [6.45, 7) is 0. The van der Waals surface area contributed by atoms with Crippen molar-refractivity contribution in [3.05, 3.63) is 89.5 Å². The molecule has 0 aliphatic carbocycles. The van der Waals surface area contributed by atoms with Crippen molar-refractivity contribution in [1.29, 1.82) is 0 Å². The number of sulfonamides is 1. The second-order valence-corrected chi connectivity index (χ2v) is 7.96. The fourth-order valence-electron chi connectivity index (χ4n) is 3.60. The van der Waals surface area contributed by atoms with Crippen molar-refractivity contribution >= 4 is 10.0 Å². The van der Waals surface area contributed by atoms with Gasteiger partial charge in [0.15, 0.2) is 0 Å². The molecule has 0 radical (unpaired) electrons. The molecule has 0 fully saturated rings. The van der Waals surface area contributed by atoms with Gasteiger partial charge in [0.1, 0.15) is 17.0 Å². The SMILES string of the molecule is COc1ccc(C2(c3ccc(OC)cc3)NS(=O)(=O)c3ccccc32)cc1. The highest BCUT2D eigenvalue weighted by Gasteiger charge is 2.48. The Morgan fingerprint density at radius 3 is 1.70 bits per heavy atom. The van der Waals surface area contributed by atoms with Gasteiger partial charge in [-0.15, -0.1) is 0 Å². The fraction of sp³-hybridized carbons (Fsp3) is 0.143. The van der Waals surface area contributed by atoms with Crippen LogP contribution in [-0.4, -0.2) is 22.6 Å². The lowest BCUT2D eigenvalue weighted by Gasteiger charge is -2.31. The Morgan fingerprint density at radius 2 is 1.22 bits per heavy atom. The first-order chi connectivity index (χ1) is 13.0. The molecule has 0 atom stereocenters. The minimum atomic E-state index is -3.65. The molecule has 0 spiro atoms. The van der Waals surface area contributed by atoms with Gasteiger partial charge in [0, 0.05) is 5.56 Å². The number of hydrogen-bond acceptors (Lipinski definition) is 4. The van der Waals surface area contributed by atoms with Crippen LogP contribution in [0.25, 0.3) is 0 Å². The van der Waals surface area contributed by atoms with Crippen LogP contribution >= 0.6 is 0 Å². The zero-order valence-corrected chi connectivity index (χ0v) is 15.8. The van der Waals surface area contributed by atoms with Crippen molar-refractivity contribution in [3.63, 3.8) is 0 Å². The third-order valence-electron chi connectivity index (χ3n) is 4.91. The van der Waals surface area contributed by atoms with E-state index in [0.717, 1.165) is 11.1 Å². The maximum absolute atomic E-state index is 12.9. The van der Waals surface area contributed by atoms with Crippen molar-refractivity contribution in [1.82, 2.24) is 4.72 Å². The smallest absolute Gasteiger partial charge is 0.242 e. The zero-order chi connectivity index (χ0) is 19.1. The quantitative estimate of drug-likeness (QED) is 0.753. The molecular formula is C21H19NO4S. The van der Waals surface area contributed by atoms with Crippen LogP contribution in [0.5, 0.6) is 11.5 Å². The van der Waals surface area contributed by atoms with Crippen molar-refractivity contribution < 1.29 is 17.9 Å². The third-order valence-corrected chi connectivity index (χ3v) is 6.42. The van der Waals surface area contributed by atoms with Gasteiger partial charge in [-0.2, -0.15) is 4.72 Å². The van der Waals surface area contributed by atoms with E-state index >= 15 is 0 Å². The van der Waals surface area contributed by atoms with Gasteiger partial charge >= 0.3 is 0 Å². The van der Waals surface area contributed by atoms with Crippen molar-refractivity contribution in [2.45, 2.75) is 10.4 Å². The minimum absolute atomic E-state index is 0.289. The molecule has 0 aromatic heterocycles. The van der Waals surface area contributed by atoms with Crippen LogP contribution in [0.3, 0.4) is 0 Å². The van der Waals surface area contributed by atoms with Crippen molar-refractivity contribution in [2.24, 2.45) is 0 Å². The number of rotatable bonds is 4. The fourth-order valence-corrected chi connectivity index (χ4v) is 5.23. The molecule has 27 heavy (non-hydrogen) atoms. The van der Waals surface area contributed by atoms with Gasteiger partial charge in [-0.05, 0) is 41.5 Å². The van der Waals surface area contributed by atoms with Crippen LogP contribution in [0.4, 0.5) is 0 Å². The van der Waals surface area contributed by atoms with E-state index in [1.54, 1.807) is 26.4 Å². The van der Waals surface area contributed by atoms with Crippen LogP contribution in [0.2, 0.25) is 0 Å². The van der Waals surface area contributed by atoms with Gasteiger partial charge in [-0.3, -0.25) is 0 Å². The number of benzene rings is 3. The van der Waals surface area contributed by atoms with Gasteiger partial charge in [0.2, 0.25) is 10.0 Å². The van der Waals surface area contributed by atoms with E-state index in [-0.39, 0.29) is 4.90 Å². The minimum Gasteiger partial charge on any atom is -0.497 e. The Hall–Kier alpha value is -2.83. The van der Waals surface area contributed by atoms with E-state index in [2.05, 4.69) is 4.72 Å². The molecule has 0 amide bonds. The van der Waals surface area contributed by atoms with Gasteiger partial charge in [0.05, 0.1) is 19.1 Å². The molecule has 1 aliphatic heterocycles. The monoisotopic (exact) mass is 381 g/mol. The Kier molecular flexibility index (Phi) is 4.17. The third kappa shape index (κ3) is 2.69. The molecule has 0 saturated carbocycles. The van der Waals surface area contributed by atoms with Gasteiger partial charge < -0.3 is 9.47 Å². The number of hydrogen-bond donors (Lipinski definition) is 1. The second kappa shape index (κ2) is 6.40. The normalized spacial score (nSPS) is 16.5. The lowest BCUT2D eigenvalue weighted by molar-refractivity contribution is 0.413. The zero-order valence-electron chi connectivity index (χ0n) is 15.0. The average molecular weight is 381 g/mol. The topological polar surface area (TPSA) is 64.6 Å². The molecule has 1 N–H and O–H groups in total. The molecule has 3 aromatic carbocycles. The van der Waals surface area contributed by atoms with Crippen LogP contribution in [0.15, 0.2) is 77.7 Å². The summed E-state index contributed by atoms with van der Waals surface area (Å²) in [5.74, 6) is 1.41. The summed E-state index contributed by atoms with van der Waals surface area (Å²) < 4.78 is 39.2. The molecule has 3 aromatic rings. The summed E-state index contributed by atoms with van der Waals surface area (Å²) in [4.78, 5) is 0.289. The van der Waals surface area contributed by atoms with E-state index in [4.69, 9.17) is 9.47 Å². The molecule has 0 unspecified atom stereocenters. The van der Waals surface area contributed by atoms with E-state index in [9.17, 15) is 8.42 Å². The summed E-state index contributed by atoms with van der Waals surface area (Å²) in [7, 11) is -0.455. The van der Waals surface area contributed by atoms with E-state index in [1.165, 1.54) is 0 Å². The first-order valence-corrected chi connectivity index (χ1v) is 9.92. The number of nitrogens with one attached hydrogen (secondary N) is 1. The highest BCUT2D eigenvalue weighted by molar-refractivity contribution is 7.90. The van der Waals surface area contributed by atoms with Crippen LogP contribution in [0.1, 0.15) is 16.7 Å². The van der Waals surface area contributed by atoms with Crippen LogP contribution in [0, 0.1) is 0 Å². The van der Waals surface area contributed by atoms with Crippen LogP contribution < -0.4 is 14.2 Å². The Morgan fingerprint density at radius 1 is 0.741 bits per heavy atom. The van der Waals surface area contributed by atoms with E-state index < -0.39 is 15.6 Å². The lowest BCUT2D eigenvalue weighted by atomic mass is 9.78. The number of fused-ring (bicyclic) bond motifs is 1. The Labute approximate surface area is 158 Å². The van der Waals surface area contributed by atoms with E-state index in [1.807, 2.05) is 60.7 Å². The predicted molar refractivity (Wildman–Crippen MR) is 103 cm³/mol. The molecule has 6 heteroatoms. The van der Waals surface area contributed by atoms with E-state index in [0.29, 0.717) is 17.1 Å². The lowest BCUT2D eigenvalue weighted by Crippen LogP contribution is -2.41. The van der Waals surface area contributed by atoms with Crippen LogP contribution in [-0.2, 0) is 15.6 Å². The Balaban J connectivity index is 2.01. The highest BCUT2D eigenvalue weighted by Crippen LogP contribution is 2.45.